The summed E-state index contributed by atoms with van der Waals surface area (Å²) in [5.74, 6) is 0. The molecule has 0 fully saturated rings. The van der Waals surface area contributed by atoms with E-state index in [2.05, 4.69) is 21.2 Å². The minimum absolute atomic E-state index is 0.194. The molecule has 0 saturated heterocycles. The summed E-state index contributed by atoms with van der Waals surface area (Å²) in [6, 6.07) is 5.25. The monoisotopic (exact) mass is 329 g/mol. The normalized spacial score (nSPS) is 12.9. The number of carbonyl (C=O) groups is 1. The maximum atomic E-state index is 11.7. The van der Waals surface area contributed by atoms with Crippen molar-refractivity contribution in [2.75, 3.05) is 6.61 Å². The lowest BCUT2D eigenvalue weighted by atomic mass is 10.1. The first-order valence-corrected chi connectivity index (χ1v) is 6.88. The summed E-state index contributed by atoms with van der Waals surface area (Å²) in [5, 5.41) is 12.1. The molecular formula is C14H20BrNO3. The smallest absolute Gasteiger partial charge is 0.408 e. The third kappa shape index (κ3) is 5.20. The molecule has 1 atom stereocenters. The molecule has 0 spiro atoms. The molecule has 1 rings (SSSR count). The molecule has 0 heterocycles. The lowest BCUT2D eigenvalue weighted by Crippen LogP contribution is -2.36. The predicted molar refractivity (Wildman–Crippen MR) is 78.1 cm³/mol. The number of aliphatic hydroxyl groups excluding tert-OH is 1. The maximum absolute atomic E-state index is 11.7. The average Bonchev–Trinajstić information content (AvgIpc) is 2.24. The molecule has 0 radical (unpaired) electrons. The Morgan fingerprint density at radius 3 is 2.58 bits per heavy atom. The second-order valence-electron chi connectivity index (χ2n) is 5.41. The Hall–Kier alpha value is -1.07. The van der Waals surface area contributed by atoms with E-state index in [-0.39, 0.29) is 6.61 Å². The van der Waals surface area contributed by atoms with Crippen molar-refractivity contribution in [3.63, 3.8) is 0 Å². The molecule has 0 aliphatic carbocycles. The number of amides is 1. The Morgan fingerprint density at radius 2 is 2.11 bits per heavy atom. The van der Waals surface area contributed by atoms with Gasteiger partial charge in [0.05, 0.1) is 12.6 Å². The van der Waals surface area contributed by atoms with Crippen molar-refractivity contribution >= 4 is 22.0 Å². The van der Waals surface area contributed by atoms with Crippen LogP contribution in [0.2, 0.25) is 0 Å². The Bertz CT molecular complexity index is 454. The van der Waals surface area contributed by atoms with Crippen molar-refractivity contribution in [1.82, 2.24) is 5.32 Å². The number of aryl methyl sites for hydroxylation is 1. The lowest BCUT2D eigenvalue weighted by Gasteiger charge is -2.23. The highest BCUT2D eigenvalue weighted by molar-refractivity contribution is 9.10. The highest BCUT2D eigenvalue weighted by Crippen LogP contribution is 2.24. The van der Waals surface area contributed by atoms with Crippen molar-refractivity contribution in [2.45, 2.75) is 39.3 Å². The number of hydrogen-bond donors (Lipinski definition) is 2. The Balaban J connectivity index is 2.81. The van der Waals surface area contributed by atoms with Crippen LogP contribution in [0.15, 0.2) is 22.7 Å². The van der Waals surface area contributed by atoms with Gasteiger partial charge in [-0.05, 0) is 44.9 Å². The van der Waals surface area contributed by atoms with Gasteiger partial charge >= 0.3 is 6.09 Å². The summed E-state index contributed by atoms with van der Waals surface area (Å²) in [4.78, 5) is 11.7. The van der Waals surface area contributed by atoms with Gasteiger partial charge < -0.3 is 15.2 Å². The minimum Gasteiger partial charge on any atom is -0.444 e. The van der Waals surface area contributed by atoms with Crippen LogP contribution >= 0.6 is 15.9 Å². The zero-order valence-electron chi connectivity index (χ0n) is 11.7. The zero-order chi connectivity index (χ0) is 14.6. The van der Waals surface area contributed by atoms with Gasteiger partial charge in [0, 0.05) is 4.47 Å². The summed E-state index contributed by atoms with van der Waals surface area (Å²) in [5.41, 5.74) is 1.36. The molecule has 0 aliphatic heterocycles. The second-order valence-corrected chi connectivity index (χ2v) is 6.26. The van der Waals surface area contributed by atoms with E-state index < -0.39 is 17.7 Å². The molecule has 1 aromatic rings. The molecule has 1 aromatic carbocycles. The summed E-state index contributed by atoms with van der Waals surface area (Å²) in [6.07, 6.45) is -0.543. The van der Waals surface area contributed by atoms with Crippen molar-refractivity contribution in [1.29, 1.82) is 0 Å². The third-order valence-corrected chi connectivity index (χ3v) is 3.09. The SMILES string of the molecule is Cc1ccc([C@H](CO)NC(=O)OC(C)(C)C)c(Br)c1. The molecule has 0 saturated carbocycles. The summed E-state index contributed by atoms with van der Waals surface area (Å²) in [6.45, 7) is 7.16. The van der Waals surface area contributed by atoms with E-state index in [1.54, 1.807) is 20.8 Å². The van der Waals surface area contributed by atoms with E-state index >= 15 is 0 Å². The van der Waals surface area contributed by atoms with E-state index in [0.717, 1.165) is 15.6 Å². The van der Waals surface area contributed by atoms with Crippen LogP contribution < -0.4 is 5.32 Å². The molecule has 1 amide bonds. The number of rotatable bonds is 3. The van der Waals surface area contributed by atoms with Gasteiger partial charge in [-0.15, -0.1) is 0 Å². The van der Waals surface area contributed by atoms with Gasteiger partial charge in [-0.1, -0.05) is 28.1 Å². The van der Waals surface area contributed by atoms with Crippen LogP contribution in [-0.2, 0) is 4.74 Å². The lowest BCUT2D eigenvalue weighted by molar-refractivity contribution is 0.0481. The van der Waals surface area contributed by atoms with Crippen LogP contribution in [0.5, 0.6) is 0 Å². The highest BCUT2D eigenvalue weighted by Gasteiger charge is 2.21. The molecule has 0 aromatic heterocycles. The average molecular weight is 330 g/mol. The van der Waals surface area contributed by atoms with Crippen molar-refractivity contribution in [2.24, 2.45) is 0 Å². The standard InChI is InChI=1S/C14H20BrNO3/c1-9-5-6-10(11(15)7-9)12(8-17)16-13(18)19-14(2,3)4/h5-7,12,17H,8H2,1-4H3,(H,16,18)/t12-/m0/s1. The number of halogens is 1. The van der Waals surface area contributed by atoms with Gasteiger partial charge in [0.2, 0.25) is 0 Å². The predicted octanol–water partition coefficient (Wildman–Crippen LogP) is 3.32. The summed E-state index contributed by atoms with van der Waals surface area (Å²) >= 11 is 3.44. The number of ether oxygens (including phenoxy) is 1. The van der Waals surface area contributed by atoms with E-state index in [4.69, 9.17) is 4.74 Å². The van der Waals surface area contributed by atoms with Crippen LogP contribution in [0.25, 0.3) is 0 Å². The number of carbonyl (C=O) groups excluding carboxylic acids is 1. The number of nitrogens with one attached hydrogen (secondary N) is 1. The fraction of sp³-hybridized carbons (Fsp3) is 0.500. The van der Waals surface area contributed by atoms with Gasteiger partial charge in [0.25, 0.3) is 0 Å². The largest absolute Gasteiger partial charge is 0.444 e. The third-order valence-electron chi connectivity index (χ3n) is 2.40. The van der Waals surface area contributed by atoms with Crippen LogP contribution in [0.3, 0.4) is 0 Å². The van der Waals surface area contributed by atoms with Crippen molar-refractivity contribution < 1.29 is 14.6 Å². The van der Waals surface area contributed by atoms with Gasteiger partial charge in [-0.2, -0.15) is 0 Å². The Labute approximate surface area is 122 Å². The molecule has 19 heavy (non-hydrogen) atoms. The highest BCUT2D eigenvalue weighted by atomic mass is 79.9. The van der Waals surface area contributed by atoms with Crippen LogP contribution in [0.4, 0.5) is 4.79 Å². The number of benzene rings is 1. The Morgan fingerprint density at radius 1 is 1.47 bits per heavy atom. The summed E-state index contributed by atoms with van der Waals surface area (Å²) in [7, 11) is 0. The topological polar surface area (TPSA) is 58.6 Å². The number of alkyl carbamates (subject to hydrolysis) is 1. The van der Waals surface area contributed by atoms with E-state index in [9.17, 15) is 9.90 Å². The van der Waals surface area contributed by atoms with Crippen LogP contribution in [0, 0.1) is 6.92 Å². The van der Waals surface area contributed by atoms with Gasteiger partial charge in [0.1, 0.15) is 5.60 Å². The zero-order valence-corrected chi connectivity index (χ0v) is 13.2. The van der Waals surface area contributed by atoms with E-state index in [0.29, 0.717) is 0 Å². The fourth-order valence-electron chi connectivity index (χ4n) is 1.59. The first-order valence-electron chi connectivity index (χ1n) is 6.09. The van der Waals surface area contributed by atoms with E-state index in [1.165, 1.54) is 0 Å². The first kappa shape index (κ1) is 16.0. The van der Waals surface area contributed by atoms with Gasteiger partial charge in [-0.3, -0.25) is 0 Å². The molecule has 0 unspecified atom stereocenters. The molecule has 2 N–H and O–H groups in total. The quantitative estimate of drug-likeness (QED) is 0.894. The number of aliphatic hydroxyl groups is 1. The Kier molecular flexibility index (Phi) is 5.38. The number of hydrogen-bond acceptors (Lipinski definition) is 3. The maximum Gasteiger partial charge on any atom is 0.408 e. The fourth-order valence-corrected chi connectivity index (χ4v) is 2.36. The molecule has 5 heteroatoms. The minimum atomic E-state index is -0.561. The second kappa shape index (κ2) is 6.39. The van der Waals surface area contributed by atoms with Crippen molar-refractivity contribution in [3.05, 3.63) is 33.8 Å². The summed E-state index contributed by atoms with van der Waals surface area (Å²) < 4.78 is 6.03. The molecule has 0 bridgehead atoms. The van der Waals surface area contributed by atoms with E-state index in [1.807, 2.05) is 25.1 Å². The van der Waals surface area contributed by atoms with Gasteiger partial charge in [-0.25, -0.2) is 4.79 Å². The molecular weight excluding hydrogens is 310 g/mol. The van der Waals surface area contributed by atoms with Crippen molar-refractivity contribution in [3.8, 4) is 0 Å². The molecule has 0 aliphatic rings. The van der Waals surface area contributed by atoms with Gasteiger partial charge in [0.15, 0.2) is 0 Å². The molecule has 4 nitrogen and oxygen atoms in total. The molecule has 106 valence electrons. The first-order chi connectivity index (χ1) is 8.73. The van der Waals surface area contributed by atoms with Crippen LogP contribution in [0.1, 0.15) is 37.9 Å². The van der Waals surface area contributed by atoms with Crippen LogP contribution in [-0.4, -0.2) is 23.4 Å².